The van der Waals surface area contributed by atoms with Crippen molar-refractivity contribution in [2.24, 2.45) is 5.92 Å². The highest BCUT2D eigenvalue weighted by molar-refractivity contribution is 6.22. The quantitative estimate of drug-likeness (QED) is 0.569. The summed E-state index contributed by atoms with van der Waals surface area (Å²) in [6, 6.07) is 4.54. The van der Waals surface area contributed by atoms with E-state index in [4.69, 9.17) is 14.2 Å². The molecular formula is C20H24N2O6. The van der Waals surface area contributed by atoms with Gasteiger partial charge in [-0.15, -0.1) is 0 Å². The number of hydrogen-bond acceptors (Lipinski definition) is 7. The van der Waals surface area contributed by atoms with Crippen molar-refractivity contribution in [2.75, 3.05) is 37.8 Å². The van der Waals surface area contributed by atoms with E-state index in [9.17, 15) is 14.4 Å². The van der Waals surface area contributed by atoms with Crippen LogP contribution in [0.5, 0.6) is 11.5 Å². The SMILES string of the molecule is CCOC(=O)[C@H]1CCCN([C@H]2CC(=O)N(c3ccc4c(c3)OCCO4)C2=O)C1. The molecule has 1 aromatic carbocycles. The average molecular weight is 388 g/mol. The normalized spacial score (nSPS) is 25.1. The Morgan fingerprint density at radius 1 is 1.21 bits per heavy atom. The number of rotatable bonds is 4. The first-order valence-corrected chi connectivity index (χ1v) is 9.75. The molecule has 0 spiro atoms. The fraction of sp³-hybridized carbons (Fsp3) is 0.550. The van der Waals surface area contributed by atoms with Crippen molar-refractivity contribution in [1.29, 1.82) is 0 Å². The first kappa shape index (κ1) is 18.7. The van der Waals surface area contributed by atoms with Crippen LogP contribution in [-0.2, 0) is 19.1 Å². The molecule has 8 heteroatoms. The molecule has 0 radical (unpaired) electrons. The summed E-state index contributed by atoms with van der Waals surface area (Å²) < 4.78 is 16.2. The van der Waals surface area contributed by atoms with E-state index in [0.29, 0.717) is 50.1 Å². The molecule has 28 heavy (non-hydrogen) atoms. The third-order valence-corrected chi connectivity index (χ3v) is 5.42. The van der Waals surface area contributed by atoms with Crippen LogP contribution in [-0.4, -0.2) is 61.6 Å². The molecule has 0 aliphatic carbocycles. The summed E-state index contributed by atoms with van der Waals surface area (Å²) in [6.45, 7) is 4.17. The molecule has 8 nitrogen and oxygen atoms in total. The lowest BCUT2D eigenvalue weighted by Crippen LogP contribution is -2.48. The molecule has 0 saturated carbocycles. The van der Waals surface area contributed by atoms with Gasteiger partial charge < -0.3 is 14.2 Å². The molecule has 3 aliphatic rings. The summed E-state index contributed by atoms with van der Waals surface area (Å²) in [5.41, 5.74) is 0.487. The Hall–Kier alpha value is -2.61. The van der Waals surface area contributed by atoms with Crippen molar-refractivity contribution in [3.63, 3.8) is 0 Å². The lowest BCUT2D eigenvalue weighted by Gasteiger charge is -2.34. The second-order valence-corrected chi connectivity index (χ2v) is 7.20. The van der Waals surface area contributed by atoms with Crippen LogP contribution in [0.4, 0.5) is 5.69 Å². The number of amides is 2. The molecule has 0 N–H and O–H groups in total. The third-order valence-electron chi connectivity index (χ3n) is 5.42. The molecule has 2 amide bonds. The lowest BCUT2D eigenvalue weighted by molar-refractivity contribution is -0.150. The molecule has 4 rings (SSSR count). The minimum Gasteiger partial charge on any atom is -0.486 e. The number of ether oxygens (including phenoxy) is 3. The number of fused-ring (bicyclic) bond motifs is 1. The maximum Gasteiger partial charge on any atom is 0.310 e. The molecule has 2 atom stereocenters. The van der Waals surface area contributed by atoms with Crippen molar-refractivity contribution >= 4 is 23.5 Å². The highest BCUT2D eigenvalue weighted by Crippen LogP contribution is 2.36. The van der Waals surface area contributed by atoms with Crippen LogP contribution in [0.15, 0.2) is 18.2 Å². The Kier molecular flexibility index (Phi) is 5.21. The standard InChI is InChI=1S/C20H24N2O6/c1-2-26-20(25)13-4-3-7-21(12-13)15-11-18(23)22(19(15)24)14-5-6-16-17(10-14)28-9-8-27-16/h5-6,10,13,15H,2-4,7-9,11-12H2,1H3/t13-,15-/m0/s1. The fourth-order valence-electron chi connectivity index (χ4n) is 4.09. The smallest absolute Gasteiger partial charge is 0.310 e. The van der Waals surface area contributed by atoms with Gasteiger partial charge in [0.1, 0.15) is 13.2 Å². The number of anilines is 1. The summed E-state index contributed by atoms with van der Waals surface area (Å²) in [4.78, 5) is 41.0. The van der Waals surface area contributed by atoms with Crippen molar-refractivity contribution in [3.8, 4) is 11.5 Å². The molecule has 150 valence electrons. The summed E-state index contributed by atoms with van der Waals surface area (Å²) in [5.74, 6) is 0.163. The van der Waals surface area contributed by atoms with Crippen LogP contribution >= 0.6 is 0 Å². The topological polar surface area (TPSA) is 85.4 Å². The van der Waals surface area contributed by atoms with E-state index < -0.39 is 6.04 Å². The van der Waals surface area contributed by atoms with Gasteiger partial charge in [-0.25, -0.2) is 4.90 Å². The Morgan fingerprint density at radius 3 is 2.79 bits per heavy atom. The zero-order valence-electron chi connectivity index (χ0n) is 15.9. The molecule has 0 bridgehead atoms. The van der Waals surface area contributed by atoms with Crippen LogP contribution in [0.3, 0.4) is 0 Å². The number of esters is 1. The second kappa shape index (κ2) is 7.79. The fourth-order valence-corrected chi connectivity index (χ4v) is 4.09. The minimum absolute atomic E-state index is 0.114. The van der Waals surface area contributed by atoms with Gasteiger partial charge in [0.15, 0.2) is 11.5 Å². The summed E-state index contributed by atoms with van der Waals surface area (Å²) >= 11 is 0. The van der Waals surface area contributed by atoms with Crippen molar-refractivity contribution in [1.82, 2.24) is 4.90 Å². The third kappa shape index (κ3) is 3.44. The second-order valence-electron chi connectivity index (χ2n) is 7.20. The molecule has 0 unspecified atom stereocenters. The molecule has 3 aliphatic heterocycles. The molecular weight excluding hydrogens is 364 g/mol. The largest absolute Gasteiger partial charge is 0.486 e. The molecule has 2 fully saturated rings. The Balaban J connectivity index is 1.50. The van der Waals surface area contributed by atoms with E-state index >= 15 is 0 Å². The molecule has 1 aromatic rings. The number of hydrogen-bond donors (Lipinski definition) is 0. The first-order valence-electron chi connectivity index (χ1n) is 9.75. The number of carbonyl (C=O) groups is 3. The zero-order valence-corrected chi connectivity index (χ0v) is 15.9. The minimum atomic E-state index is -0.544. The van der Waals surface area contributed by atoms with Gasteiger partial charge in [-0.05, 0) is 38.4 Å². The van der Waals surface area contributed by atoms with Gasteiger partial charge in [0.05, 0.1) is 30.7 Å². The molecule has 2 saturated heterocycles. The predicted molar refractivity (Wildman–Crippen MR) is 99.3 cm³/mol. The van der Waals surface area contributed by atoms with E-state index in [1.165, 1.54) is 4.90 Å². The van der Waals surface area contributed by atoms with E-state index in [2.05, 4.69) is 0 Å². The predicted octanol–water partition coefficient (Wildman–Crippen LogP) is 1.36. The molecule has 0 aromatic heterocycles. The maximum absolute atomic E-state index is 13.1. The first-order chi connectivity index (χ1) is 13.6. The van der Waals surface area contributed by atoms with Crippen LogP contribution in [0, 0.1) is 5.92 Å². The maximum atomic E-state index is 13.1. The van der Waals surface area contributed by atoms with Gasteiger partial charge in [0.25, 0.3) is 5.91 Å². The number of benzene rings is 1. The van der Waals surface area contributed by atoms with Gasteiger partial charge in [-0.2, -0.15) is 0 Å². The Bertz CT molecular complexity index is 795. The van der Waals surface area contributed by atoms with E-state index in [0.717, 1.165) is 12.8 Å². The van der Waals surface area contributed by atoms with Gasteiger partial charge >= 0.3 is 5.97 Å². The van der Waals surface area contributed by atoms with Crippen LogP contribution in [0.2, 0.25) is 0 Å². The van der Waals surface area contributed by atoms with Gasteiger partial charge in [-0.1, -0.05) is 0 Å². The summed E-state index contributed by atoms with van der Waals surface area (Å²) in [7, 11) is 0. The Labute approximate surface area is 163 Å². The van der Waals surface area contributed by atoms with Crippen molar-refractivity contribution < 1.29 is 28.6 Å². The van der Waals surface area contributed by atoms with E-state index in [1.807, 2.05) is 4.90 Å². The number of imide groups is 1. The number of nitrogens with zero attached hydrogens (tertiary/aromatic N) is 2. The number of likely N-dealkylation sites (tertiary alicyclic amines) is 1. The van der Waals surface area contributed by atoms with E-state index in [1.54, 1.807) is 25.1 Å². The number of carbonyl (C=O) groups excluding carboxylic acids is 3. The monoisotopic (exact) mass is 388 g/mol. The van der Waals surface area contributed by atoms with Crippen molar-refractivity contribution in [3.05, 3.63) is 18.2 Å². The van der Waals surface area contributed by atoms with Crippen molar-refractivity contribution in [2.45, 2.75) is 32.2 Å². The summed E-state index contributed by atoms with van der Waals surface area (Å²) in [5, 5.41) is 0. The lowest BCUT2D eigenvalue weighted by atomic mass is 9.96. The van der Waals surface area contributed by atoms with Gasteiger partial charge in [-0.3, -0.25) is 19.3 Å². The van der Waals surface area contributed by atoms with Crippen LogP contribution in [0.25, 0.3) is 0 Å². The zero-order chi connectivity index (χ0) is 19.7. The summed E-state index contributed by atoms with van der Waals surface area (Å²) in [6.07, 6.45) is 1.66. The average Bonchev–Trinajstić information content (AvgIpc) is 3.02. The van der Waals surface area contributed by atoms with Gasteiger partial charge in [0.2, 0.25) is 5.91 Å². The Morgan fingerprint density at radius 2 is 2.00 bits per heavy atom. The van der Waals surface area contributed by atoms with Crippen LogP contribution in [0.1, 0.15) is 26.2 Å². The van der Waals surface area contributed by atoms with Gasteiger partial charge in [0, 0.05) is 12.6 Å². The number of piperidine rings is 1. The molecule has 3 heterocycles. The highest BCUT2D eigenvalue weighted by Gasteiger charge is 2.44. The highest BCUT2D eigenvalue weighted by atomic mass is 16.6. The van der Waals surface area contributed by atoms with Crippen LogP contribution < -0.4 is 14.4 Å². The van der Waals surface area contributed by atoms with E-state index in [-0.39, 0.29) is 30.1 Å².